The minimum atomic E-state index is 0. The molecule has 5 nitrogen and oxygen atoms in total. The molecule has 1 rings (SSSR count). The van der Waals surface area contributed by atoms with Crippen molar-refractivity contribution in [3.63, 3.8) is 0 Å². The third-order valence-corrected chi connectivity index (χ3v) is 4.96. The summed E-state index contributed by atoms with van der Waals surface area (Å²) in [5, 5.41) is 6.95. The Labute approximate surface area is 173 Å². The van der Waals surface area contributed by atoms with Gasteiger partial charge in [-0.1, -0.05) is 33.1 Å². The molecule has 150 valence electrons. The zero-order valence-electron chi connectivity index (χ0n) is 17.2. The van der Waals surface area contributed by atoms with Crippen LogP contribution in [0.5, 0.6) is 0 Å². The second-order valence-corrected chi connectivity index (χ2v) is 7.08. The van der Waals surface area contributed by atoms with E-state index in [0.29, 0.717) is 12.1 Å². The summed E-state index contributed by atoms with van der Waals surface area (Å²) in [6, 6.07) is 0.993. The topological polar surface area (TPSA) is 42.9 Å². The molecule has 0 radical (unpaired) electrons. The molecule has 2 unspecified atom stereocenters. The van der Waals surface area contributed by atoms with Crippen LogP contribution in [0, 0.1) is 0 Å². The summed E-state index contributed by atoms with van der Waals surface area (Å²) in [6.45, 7) is 18.9. The molecule has 2 atom stereocenters. The van der Waals surface area contributed by atoms with E-state index in [9.17, 15) is 0 Å². The predicted octanol–water partition coefficient (Wildman–Crippen LogP) is 3.15. The van der Waals surface area contributed by atoms with Crippen molar-refractivity contribution < 1.29 is 0 Å². The molecule has 0 aromatic carbocycles. The molecular formula is C19H42IN5. The molecule has 0 amide bonds. The first-order valence-electron chi connectivity index (χ1n) is 10.1. The lowest BCUT2D eigenvalue weighted by atomic mass is 10.1. The molecule has 1 saturated heterocycles. The Bertz CT molecular complexity index is 343. The van der Waals surface area contributed by atoms with Crippen LogP contribution in [0.15, 0.2) is 4.99 Å². The third kappa shape index (κ3) is 10.6. The number of hydrogen-bond acceptors (Lipinski definition) is 3. The van der Waals surface area contributed by atoms with Gasteiger partial charge in [-0.3, -0.25) is 9.89 Å². The van der Waals surface area contributed by atoms with Crippen molar-refractivity contribution in [1.29, 1.82) is 0 Å². The maximum atomic E-state index is 4.84. The number of likely N-dealkylation sites (N-methyl/N-ethyl adjacent to an activating group) is 1. The maximum Gasteiger partial charge on any atom is 0.191 e. The van der Waals surface area contributed by atoms with Gasteiger partial charge in [-0.15, -0.1) is 24.0 Å². The Morgan fingerprint density at radius 2 is 1.72 bits per heavy atom. The Morgan fingerprint density at radius 3 is 2.28 bits per heavy atom. The van der Waals surface area contributed by atoms with E-state index >= 15 is 0 Å². The lowest BCUT2D eigenvalue weighted by Gasteiger charge is -2.37. The van der Waals surface area contributed by atoms with Crippen LogP contribution in [0.25, 0.3) is 0 Å². The monoisotopic (exact) mass is 467 g/mol. The average molecular weight is 467 g/mol. The first-order valence-corrected chi connectivity index (χ1v) is 10.1. The van der Waals surface area contributed by atoms with Gasteiger partial charge in [-0.25, -0.2) is 0 Å². The SMILES string of the molecule is CCCCCC(C)NC(=NCC(C)N1CCN(CC)CC1)NCC.I. The number of hydrogen-bond donors (Lipinski definition) is 2. The number of halogens is 1. The van der Waals surface area contributed by atoms with Gasteiger partial charge in [0.25, 0.3) is 0 Å². The minimum absolute atomic E-state index is 0. The molecule has 1 aliphatic rings. The molecule has 1 heterocycles. The molecule has 0 spiro atoms. The highest BCUT2D eigenvalue weighted by atomic mass is 127. The summed E-state index contributed by atoms with van der Waals surface area (Å²) in [7, 11) is 0. The third-order valence-electron chi connectivity index (χ3n) is 4.96. The van der Waals surface area contributed by atoms with Crippen molar-refractivity contribution in [3.8, 4) is 0 Å². The number of guanidine groups is 1. The van der Waals surface area contributed by atoms with Crippen LogP contribution in [-0.2, 0) is 0 Å². The molecular weight excluding hydrogens is 425 g/mol. The van der Waals surface area contributed by atoms with Crippen molar-refractivity contribution in [2.75, 3.05) is 45.8 Å². The van der Waals surface area contributed by atoms with E-state index in [0.717, 1.165) is 19.0 Å². The summed E-state index contributed by atoms with van der Waals surface area (Å²) in [4.78, 5) is 9.93. The zero-order valence-corrected chi connectivity index (χ0v) is 19.5. The van der Waals surface area contributed by atoms with Crippen LogP contribution in [0.4, 0.5) is 0 Å². The van der Waals surface area contributed by atoms with Gasteiger partial charge in [-0.2, -0.15) is 0 Å². The van der Waals surface area contributed by atoms with Crippen LogP contribution in [0.2, 0.25) is 0 Å². The fourth-order valence-corrected chi connectivity index (χ4v) is 3.19. The molecule has 0 bridgehead atoms. The van der Waals surface area contributed by atoms with Gasteiger partial charge in [0, 0.05) is 44.8 Å². The molecule has 6 heteroatoms. The van der Waals surface area contributed by atoms with Crippen LogP contribution in [0.1, 0.15) is 60.3 Å². The van der Waals surface area contributed by atoms with Crippen LogP contribution < -0.4 is 10.6 Å². The van der Waals surface area contributed by atoms with Gasteiger partial charge in [0.05, 0.1) is 6.54 Å². The summed E-state index contributed by atoms with van der Waals surface area (Å²) < 4.78 is 0. The van der Waals surface area contributed by atoms with E-state index in [1.165, 1.54) is 58.4 Å². The maximum absolute atomic E-state index is 4.84. The zero-order chi connectivity index (χ0) is 17.8. The number of nitrogens with one attached hydrogen (secondary N) is 2. The summed E-state index contributed by atoms with van der Waals surface area (Å²) in [5.41, 5.74) is 0. The second-order valence-electron chi connectivity index (χ2n) is 7.08. The average Bonchev–Trinajstić information content (AvgIpc) is 2.60. The first-order chi connectivity index (χ1) is 11.6. The lowest BCUT2D eigenvalue weighted by molar-refractivity contribution is 0.109. The van der Waals surface area contributed by atoms with Gasteiger partial charge >= 0.3 is 0 Å². The normalized spacial score (nSPS) is 19.2. The summed E-state index contributed by atoms with van der Waals surface area (Å²) in [6.07, 6.45) is 5.11. The van der Waals surface area contributed by atoms with E-state index < -0.39 is 0 Å². The highest BCUT2D eigenvalue weighted by Crippen LogP contribution is 2.07. The lowest BCUT2D eigenvalue weighted by Crippen LogP contribution is -2.50. The Balaban J connectivity index is 0.00000576. The quantitative estimate of drug-likeness (QED) is 0.224. The first kappa shape index (κ1) is 24.9. The standard InChI is InChI=1S/C19H41N5.HI/c1-6-9-10-11-17(4)22-19(20-7-2)21-16-18(5)24-14-12-23(8-3)13-15-24;/h17-18H,6-16H2,1-5H3,(H2,20,21,22);1H. The van der Waals surface area contributed by atoms with Gasteiger partial charge in [0.2, 0.25) is 0 Å². The van der Waals surface area contributed by atoms with Crippen LogP contribution in [0.3, 0.4) is 0 Å². The van der Waals surface area contributed by atoms with Crippen LogP contribution in [-0.4, -0.2) is 73.7 Å². The number of nitrogens with zero attached hydrogens (tertiary/aromatic N) is 3. The number of unbranched alkanes of at least 4 members (excludes halogenated alkanes) is 2. The smallest absolute Gasteiger partial charge is 0.191 e. The van der Waals surface area contributed by atoms with Gasteiger partial charge in [-0.05, 0) is 33.7 Å². The number of rotatable bonds is 10. The summed E-state index contributed by atoms with van der Waals surface area (Å²) in [5.74, 6) is 0.973. The molecule has 0 aromatic rings. The van der Waals surface area contributed by atoms with Crippen molar-refractivity contribution in [2.24, 2.45) is 4.99 Å². The van der Waals surface area contributed by atoms with E-state index in [4.69, 9.17) is 4.99 Å². The highest BCUT2D eigenvalue weighted by Gasteiger charge is 2.20. The molecule has 2 N–H and O–H groups in total. The summed E-state index contributed by atoms with van der Waals surface area (Å²) >= 11 is 0. The number of piperazine rings is 1. The van der Waals surface area contributed by atoms with Gasteiger partial charge in [0.1, 0.15) is 0 Å². The highest BCUT2D eigenvalue weighted by molar-refractivity contribution is 14.0. The minimum Gasteiger partial charge on any atom is -0.357 e. The largest absolute Gasteiger partial charge is 0.357 e. The fourth-order valence-electron chi connectivity index (χ4n) is 3.19. The van der Waals surface area contributed by atoms with Crippen molar-refractivity contribution >= 4 is 29.9 Å². The van der Waals surface area contributed by atoms with E-state index in [1.807, 2.05) is 0 Å². The second kappa shape index (κ2) is 15.0. The van der Waals surface area contributed by atoms with Crippen molar-refractivity contribution in [3.05, 3.63) is 0 Å². The van der Waals surface area contributed by atoms with Crippen molar-refractivity contribution in [2.45, 2.75) is 72.4 Å². The van der Waals surface area contributed by atoms with Gasteiger partial charge in [0.15, 0.2) is 5.96 Å². The Hall–Kier alpha value is -0.0800. The fraction of sp³-hybridized carbons (Fsp3) is 0.947. The Kier molecular flexibility index (Phi) is 15.0. The molecule has 0 saturated carbocycles. The molecule has 25 heavy (non-hydrogen) atoms. The van der Waals surface area contributed by atoms with E-state index in [2.05, 4.69) is 55.1 Å². The van der Waals surface area contributed by atoms with E-state index in [-0.39, 0.29) is 24.0 Å². The molecule has 0 aliphatic carbocycles. The number of aliphatic imine (C=N–C) groups is 1. The molecule has 1 aliphatic heterocycles. The van der Waals surface area contributed by atoms with E-state index in [1.54, 1.807) is 0 Å². The molecule has 0 aromatic heterocycles. The Morgan fingerprint density at radius 1 is 1.04 bits per heavy atom. The van der Waals surface area contributed by atoms with Gasteiger partial charge < -0.3 is 15.5 Å². The molecule has 1 fully saturated rings. The van der Waals surface area contributed by atoms with Crippen molar-refractivity contribution in [1.82, 2.24) is 20.4 Å². The predicted molar refractivity (Wildman–Crippen MR) is 121 cm³/mol. The van der Waals surface area contributed by atoms with Crippen LogP contribution >= 0.6 is 24.0 Å².